The maximum atomic E-state index is 6.62. The van der Waals surface area contributed by atoms with Gasteiger partial charge in [-0.2, -0.15) is 0 Å². The SMILES string of the molecule is CCNC1=C\CCC2=C(/C=N\1)CN(c1cccc(OC(CN(C)Cc3ccccc3)C(C)C)c1)CCN2C. The molecular formula is C32H45N5O. The van der Waals surface area contributed by atoms with Crippen molar-refractivity contribution in [2.45, 2.75) is 46.3 Å². The summed E-state index contributed by atoms with van der Waals surface area (Å²) in [6.45, 7) is 12.1. The van der Waals surface area contributed by atoms with Crippen molar-refractivity contribution in [1.29, 1.82) is 0 Å². The predicted molar refractivity (Wildman–Crippen MR) is 160 cm³/mol. The first-order valence-corrected chi connectivity index (χ1v) is 14.1. The van der Waals surface area contributed by atoms with E-state index in [1.54, 1.807) is 0 Å². The lowest BCUT2D eigenvalue weighted by Crippen LogP contribution is -2.36. The number of nitrogens with one attached hydrogen (secondary N) is 1. The number of ether oxygens (including phenoxy) is 1. The van der Waals surface area contributed by atoms with Crippen molar-refractivity contribution in [3.8, 4) is 5.75 Å². The van der Waals surface area contributed by atoms with Gasteiger partial charge in [-0.25, -0.2) is 4.99 Å². The van der Waals surface area contributed by atoms with Crippen molar-refractivity contribution < 1.29 is 4.74 Å². The molecule has 2 aromatic carbocycles. The van der Waals surface area contributed by atoms with Crippen molar-refractivity contribution >= 4 is 11.9 Å². The molecule has 1 unspecified atom stereocenters. The lowest BCUT2D eigenvalue weighted by atomic mass is 10.1. The Morgan fingerprint density at radius 1 is 1.08 bits per heavy atom. The normalized spacial score (nSPS) is 19.3. The molecule has 0 saturated carbocycles. The summed E-state index contributed by atoms with van der Waals surface area (Å²) in [4.78, 5) is 12.0. The molecular weight excluding hydrogens is 470 g/mol. The molecule has 1 N–H and O–H groups in total. The van der Waals surface area contributed by atoms with Crippen molar-refractivity contribution in [2.75, 3.05) is 51.7 Å². The molecule has 0 aliphatic carbocycles. The monoisotopic (exact) mass is 515 g/mol. The molecule has 0 radical (unpaired) electrons. The minimum Gasteiger partial charge on any atom is -0.489 e. The fourth-order valence-corrected chi connectivity index (χ4v) is 5.14. The zero-order chi connectivity index (χ0) is 26.9. The van der Waals surface area contributed by atoms with Gasteiger partial charge in [0.25, 0.3) is 0 Å². The van der Waals surface area contributed by atoms with Crippen LogP contribution < -0.4 is 15.0 Å². The average Bonchev–Trinajstić information content (AvgIpc) is 3.04. The van der Waals surface area contributed by atoms with E-state index < -0.39 is 0 Å². The Morgan fingerprint density at radius 3 is 2.66 bits per heavy atom. The van der Waals surface area contributed by atoms with E-state index in [-0.39, 0.29) is 6.10 Å². The molecule has 0 amide bonds. The Bertz CT molecular complexity index is 1120. The highest BCUT2D eigenvalue weighted by Crippen LogP contribution is 2.28. The van der Waals surface area contributed by atoms with E-state index in [0.29, 0.717) is 5.92 Å². The molecule has 0 aromatic heterocycles. The van der Waals surface area contributed by atoms with Crippen LogP contribution in [0.15, 0.2) is 82.8 Å². The number of aliphatic imine (C=N–C) groups is 1. The molecule has 1 atom stereocenters. The van der Waals surface area contributed by atoms with Crippen LogP contribution in [0.5, 0.6) is 5.75 Å². The number of anilines is 1. The highest BCUT2D eigenvalue weighted by molar-refractivity contribution is 5.82. The van der Waals surface area contributed by atoms with Crippen molar-refractivity contribution in [1.82, 2.24) is 15.1 Å². The van der Waals surface area contributed by atoms with Gasteiger partial charge in [-0.1, -0.05) is 50.2 Å². The van der Waals surface area contributed by atoms with Gasteiger partial charge in [0, 0.05) is 75.6 Å². The van der Waals surface area contributed by atoms with Crippen molar-refractivity contribution in [3.63, 3.8) is 0 Å². The molecule has 0 spiro atoms. The fraction of sp³-hybridized carbons (Fsp3) is 0.469. The van der Waals surface area contributed by atoms with Crippen molar-refractivity contribution in [3.05, 3.63) is 83.3 Å². The third-order valence-electron chi connectivity index (χ3n) is 7.33. The molecule has 0 bridgehead atoms. The molecule has 0 saturated heterocycles. The summed E-state index contributed by atoms with van der Waals surface area (Å²) in [5, 5.41) is 3.37. The van der Waals surface area contributed by atoms with Crippen LogP contribution in [0, 0.1) is 5.92 Å². The Balaban J connectivity index is 1.46. The van der Waals surface area contributed by atoms with Crippen LogP contribution in [0.1, 0.15) is 39.2 Å². The molecule has 2 heterocycles. The van der Waals surface area contributed by atoms with Gasteiger partial charge in [0.1, 0.15) is 17.7 Å². The van der Waals surface area contributed by atoms with Gasteiger partial charge in [0.15, 0.2) is 0 Å². The van der Waals surface area contributed by atoms with E-state index in [1.165, 1.54) is 22.5 Å². The second kappa shape index (κ2) is 13.5. The van der Waals surface area contributed by atoms with Gasteiger partial charge in [-0.3, -0.25) is 4.90 Å². The quantitative estimate of drug-likeness (QED) is 0.450. The highest BCUT2D eigenvalue weighted by atomic mass is 16.5. The summed E-state index contributed by atoms with van der Waals surface area (Å²) in [5.74, 6) is 2.32. The van der Waals surface area contributed by atoms with Gasteiger partial charge in [-0.05, 0) is 56.5 Å². The summed E-state index contributed by atoms with van der Waals surface area (Å²) in [6, 6.07) is 19.3. The second-order valence-electron chi connectivity index (χ2n) is 10.8. The van der Waals surface area contributed by atoms with E-state index in [4.69, 9.17) is 9.73 Å². The van der Waals surface area contributed by atoms with Gasteiger partial charge in [0.05, 0.1) is 0 Å². The number of rotatable bonds is 10. The Morgan fingerprint density at radius 2 is 1.89 bits per heavy atom. The van der Waals surface area contributed by atoms with Crippen LogP contribution in [0.4, 0.5) is 5.69 Å². The van der Waals surface area contributed by atoms with Crippen LogP contribution in [-0.2, 0) is 6.54 Å². The number of benzene rings is 2. The number of allylic oxidation sites excluding steroid dienone is 2. The molecule has 0 fully saturated rings. The average molecular weight is 516 g/mol. The van der Waals surface area contributed by atoms with Crippen molar-refractivity contribution in [2.24, 2.45) is 10.9 Å². The van der Waals surface area contributed by atoms with E-state index in [9.17, 15) is 0 Å². The first-order chi connectivity index (χ1) is 18.4. The maximum absolute atomic E-state index is 6.62. The fourth-order valence-electron chi connectivity index (χ4n) is 5.14. The predicted octanol–water partition coefficient (Wildman–Crippen LogP) is 5.54. The Labute approximate surface area is 229 Å². The van der Waals surface area contributed by atoms with Crippen LogP contribution >= 0.6 is 0 Å². The highest BCUT2D eigenvalue weighted by Gasteiger charge is 2.22. The summed E-state index contributed by atoms with van der Waals surface area (Å²) in [5.41, 5.74) is 5.21. The van der Waals surface area contributed by atoms with Gasteiger partial charge in [-0.15, -0.1) is 0 Å². The first kappa shape index (κ1) is 27.8. The number of hydrogen-bond acceptors (Lipinski definition) is 6. The molecule has 4 rings (SSSR count). The smallest absolute Gasteiger partial charge is 0.121 e. The summed E-state index contributed by atoms with van der Waals surface area (Å²) in [7, 11) is 4.39. The first-order valence-electron chi connectivity index (χ1n) is 14.1. The minimum absolute atomic E-state index is 0.109. The standard InChI is InChI=1S/C32H45N5O/c1-6-33-32-17-11-16-30-27(21-34-32)23-37(19-18-36(30)5)28-14-10-15-29(20-28)38-31(25(2)3)24-35(4)22-26-12-8-7-9-13-26/h7-10,12-15,17,20-21,25,31,33H,6,11,16,18-19,22-24H2,1-5H3/b32-17+,34-21-. The van der Waals surface area contributed by atoms with Gasteiger partial charge >= 0.3 is 0 Å². The Kier molecular flexibility index (Phi) is 9.88. The molecule has 6 heteroatoms. The third kappa shape index (κ3) is 7.64. The zero-order valence-electron chi connectivity index (χ0n) is 23.9. The minimum atomic E-state index is 0.109. The topological polar surface area (TPSA) is 43.3 Å². The number of likely N-dealkylation sites (N-methyl/N-ethyl adjacent to an activating group) is 2. The summed E-state index contributed by atoms with van der Waals surface area (Å²) in [6.07, 6.45) is 6.43. The molecule has 2 aliphatic rings. The molecule has 204 valence electrons. The second-order valence-corrected chi connectivity index (χ2v) is 10.8. The molecule has 6 nitrogen and oxygen atoms in total. The van der Waals surface area contributed by atoms with Gasteiger partial charge in [0.2, 0.25) is 0 Å². The number of hydrogen-bond donors (Lipinski definition) is 1. The lowest BCUT2D eigenvalue weighted by Gasteiger charge is -2.29. The van der Waals surface area contributed by atoms with E-state index >= 15 is 0 Å². The summed E-state index contributed by atoms with van der Waals surface area (Å²) >= 11 is 0. The van der Waals surface area contributed by atoms with Gasteiger partial charge < -0.3 is 19.9 Å². The van der Waals surface area contributed by atoms with Crippen LogP contribution in [0.2, 0.25) is 0 Å². The summed E-state index contributed by atoms with van der Waals surface area (Å²) < 4.78 is 6.62. The van der Waals surface area contributed by atoms with E-state index in [0.717, 1.165) is 63.7 Å². The molecule has 38 heavy (non-hydrogen) atoms. The zero-order valence-corrected chi connectivity index (χ0v) is 23.9. The number of nitrogens with zero attached hydrogens (tertiary/aromatic N) is 4. The third-order valence-corrected chi connectivity index (χ3v) is 7.33. The van der Waals surface area contributed by atoms with Crippen LogP contribution in [0.3, 0.4) is 0 Å². The van der Waals surface area contributed by atoms with E-state index in [1.807, 2.05) is 0 Å². The Hall–Kier alpha value is -3.25. The molecule has 2 aromatic rings. The van der Waals surface area contributed by atoms with Crippen LogP contribution in [0.25, 0.3) is 0 Å². The van der Waals surface area contributed by atoms with E-state index in [2.05, 4.69) is 122 Å². The molecule has 2 aliphatic heterocycles. The lowest BCUT2D eigenvalue weighted by molar-refractivity contribution is 0.105. The largest absolute Gasteiger partial charge is 0.489 e. The van der Waals surface area contributed by atoms with Crippen LogP contribution in [-0.4, -0.2) is 68.9 Å². The maximum Gasteiger partial charge on any atom is 0.121 e.